The molecule has 0 radical (unpaired) electrons. The molecule has 102 valence electrons. The maximum absolute atomic E-state index is 12.5. The van der Waals surface area contributed by atoms with Crippen molar-refractivity contribution < 1.29 is 9.00 Å². The average Bonchev–Trinajstić information content (AvgIpc) is 2.26. The fourth-order valence-corrected chi connectivity index (χ4v) is 3.24. The van der Waals surface area contributed by atoms with Gasteiger partial charge in [-0.05, 0) is 24.5 Å². The van der Waals surface area contributed by atoms with E-state index in [0.29, 0.717) is 11.3 Å². The standard InChI is InChI=1S/C12H18N2O2S.ClH/c1-9(2)8-11(12(13)15)17(14,16)10-6-4-3-5-7-10;/h3-7,9H,8H2,1-2H3,(H2,13,15)(H2,14,16);1H. The summed E-state index contributed by atoms with van der Waals surface area (Å²) in [5.41, 5.74) is 5.27. The molecule has 0 aliphatic heterocycles. The minimum atomic E-state index is -3.00. The van der Waals surface area contributed by atoms with Crippen molar-refractivity contribution in [1.29, 1.82) is 0 Å². The minimum Gasteiger partial charge on any atom is -0.365 e. The highest BCUT2D eigenvalue weighted by Gasteiger charge is 2.19. The Balaban J connectivity index is 0.00000289. The van der Waals surface area contributed by atoms with Gasteiger partial charge in [0.2, 0.25) is 0 Å². The van der Waals surface area contributed by atoms with Crippen LogP contribution in [0.1, 0.15) is 20.3 Å². The molecule has 1 amide bonds. The normalized spacial score (nSPS) is 13.6. The third-order valence-electron chi connectivity index (χ3n) is 2.33. The predicted molar refractivity (Wildman–Crippen MR) is 77.9 cm³/mol. The number of hydrogen-bond donors (Lipinski definition) is 2. The van der Waals surface area contributed by atoms with Crippen LogP contribution in [0.5, 0.6) is 0 Å². The molecule has 1 rings (SSSR count). The molecule has 0 aliphatic carbocycles. The van der Waals surface area contributed by atoms with Gasteiger partial charge in [-0.1, -0.05) is 32.0 Å². The quantitative estimate of drug-likeness (QED) is 0.820. The van der Waals surface area contributed by atoms with Crippen LogP contribution in [0.15, 0.2) is 35.2 Å². The first kappa shape index (κ1) is 17.0. The predicted octanol–water partition coefficient (Wildman–Crippen LogP) is 1.33. The molecule has 0 saturated heterocycles. The number of benzene rings is 1. The Hall–Kier alpha value is -1.04. The van der Waals surface area contributed by atoms with Crippen molar-refractivity contribution in [3.8, 4) is 0 Å². The molecule has 0 bridgehead atoms. The SMILES string of the molecule is CC(C)CC(C(N)=O)=S(N)(=O)c1ccccc1.Cl. The van der Waals surface area contributed by atoms with Crippen LogP contribution >= 0.6 is 12.4 Å². The highest BCUT2D eigenvalue weighted by Crippen LogP contribution is 2.12. The van der Waals surface area contributed by atoms with Gasteiger partial charge in [0.1, 0.15) is 0 Å². The van der Waals surface area contributed by atoms with Crippen molar-refractivity contribution in [2.45, 2.75) is 25.2 Å². The molecule has 6 heteroatoms. The second-order valence-electron chi connectivity index (χ2n) is 4.30. The van der Waals surface area contributed by atoms with Crippen molar-refractivity contribution >= 4 is 32.9 Å². The van der Waals surface area contributed by atoms with Gasteiger partial charge >= 0.3 is 0 Å². The Bertz CT molecular complexity index is 520. The lowest BCUT2D eigenvalue weighted by atomic mass is 10.1. The van der Waals surface area contributed by atoms with Crippen molar-refractivity contribution in [3.05, 3.63) is 30.3 Å². The first-order valence-electron chi connectivity index (χ1n) is 5.38. The lowest BCUT2D eigenvalue weighted by molar-refractivity contribution is -0.111. The molecule has 0 fully saturated rings. The van der Waals surface area contributed by atoms with Crippen LogP contribution in [0.3, 0.4) is 0 Å². The van der Waals surface area contributed by atoms with Gasteiger partial charge in [0.05, 0.1) is 14.6 Å². The van der Waals surface area contributed by atoms with Crippen LogP contribution < -0.4 is 10.9 Å². The number of carbonyl (C=O) groups excluding carboxylic acids is 1. The maximum atomic E-state index is 12.5. The largest absolute Gasteiger partial charge is 0.365 e. The van der Waals surface area contributed by atoms with Crippen molar-refractivity contribution in [3.63, 3.8) is 0 Å². The topological polar surface area (TPSA) is 86.2 Å². The zero-order valence-corrected chi connectivity index (χ0v) is 12.1. The number of nitrogens with two attached hydrogens (primary N) is 2. The van der Waals surface area contributed by atoms with Crippen molar-refractivity contribution in [1.82, 2.24) is 0 Å². The first-order chi connectivity index (χ1) is 7.85. The summed E-state index contributed by atoms with van der Waals surface area (Å²) >= 11 is 0. The Kier molecular flexibility index (Phi) is 6.38. The molecule has 1 unspecified atom stereocenters. The Morgan fingerprint density at radius 1 is 1.28 bits per heavy atom. The third kappa shape index (κ3) is 4.01. The molecule has 1 aromatic rings. The first-order valence-corrected chi connectivity index (χ1v) is 7.00. The number of halogens is 1. The minimum absolute atomic E-state index is 0. The van der Waals surface area contributed by atoms with E-state index in [1.165, 1.54) is 0 Å². The Morgan fingerprint density at radius 3 is 2.17 bits per heavy atom. The number of carbonyl (C=O) groups is 1. The van der Waals surface area contributed by atoms with E-state index in [2.05, 4.69) is 0 Å². The molecule has 0 saturated carbocycles. The highest BCUT2D eigenvalue weighted by molar-refractivity contribution is 8.01. The number of rotatable bonds is 4. The highest BCUT2D eigenvalue weighted by atomic mass is 35.5. The van der Waals surface area contributed by atoms with E-state index in [9.17, 15) is 9.00 Å². The summed E-state index contributed by atoms with van der Waals surface area (Å²) in [5, 5.41) is 5.82. The molecule has 4 nitrogen and oxygen atoms in total. The molecule has 1 atom stereocenters. The summed E-state index contributed by atoms with van der Waals surface area (Å²) in [5.74, 6) is -0.513. The molecular formula is C12H19ClN2O2S. The molecule has 18 heavy (non-hydrogen) atoms. The molecule has 0 aromatic heterocycles. The average molecular weight is 291 g/mol. The third-order valence-corrected chi connectivity index (χ3v) is 4.40. The molecule has 0 heterocycles. The molecule has 1 aromatic carbocycles. The lowest BCUT2D eigenvalue weighted by Gasteiger charge is -2.13. The van der Waals surface area contributed by atoms with Crippen LogP contribution in [0, 0.1) is 5.92 Å². The van der Waals surface area contributed by atoms with E-state index >= 15 is 0 Å². The summed E-state index contributed by atoms with van der Waals surface area (Å²) in [4.78, 5) is 11.9. The van der Waals surface area contributed by atoms with Crippen LogP contribution in [-0.2, 0) is 14.5 Å². The van der Waals surface area contributed by atoms with Gasteiger partial charge in [-0.2, -0.15) is 0 Å². The summed E-state index contributed by atoms with van der Waals surface area (Å²) in [7, 11) is -3.00. The van der Waals surface area contributed by atoms with E-state index in [1.807, 2.05) is 13.8 Å². The number of amides is 1. The zero-order chi connectivity index (χ0) is 13.1. The second-order valence-corrected chi connectivity index (χ2v) is 6.46. The van der Waals surface area contributed by atoms with Crippen LogP contribution in [0.4, 0.5) is 0 Å². The zero-order valence-electron chi connectivity index (χ0n) is 10.5. The monoisotopic (exact) mass is 290 g/mol. The van der Waals surface area contributed by atoms with Gasteiger partial charge in [0, 0.05) is 4.90 Å². The van der Waals surface area contributed by atoms with Gasteiger partial charge < -0.3 is 5.73 Å². The van der Waals surface area contributed by atoms with Crippen LogP contribution in [-0.4, -0.2) is 15.0 Å². The summed E-state index contributed by atoms with van der Waals surface area (Å²) in [6.45, 7) is 3.84. The second kappa shape index (κ2) is 6.78. The van der Waals surface area contributed by atoms with Crippen molar-refractivity contribution in [2.75, 3.05) is 0 Å². The van der Waals surface area contributed by atoms with E-state index in [4.69, 9.17) is 10.9 Å². The molecular weight excluding hydrogens is 272 g/mol. The van der Waals surface area contributed by atoms with Gasteiger partial charge in [0.25, 0.3) is 5.91 Å². The van der Waals surface area contributed by atoms with E-state index in [1.54, 1.807) is 30.3 Å². The maximum Gasteiger partial charge on any atom is 0.254 e. The van der Waals surface area contributed by atoms with E-state index in [0.717, 1.165) is 0 Å². The van der Waals surface area contributed by atoms with Gasteiger partial charge in [0.15, 0.2) is 0 Å². The summed E-state index contributed by atoms with van der Waals surface area (Å²) < 4.78 is 12.5. The molecule has 0 spiro atoms. The fourth-order valence-electron chi connectivity index (χ4n) is 1.51. The Labute approximate surface area is 114 Å². The lowest BCUT2D eigenvalue weighted by Crippen LogP contribution is -2.35. The fraction of sp³-hybridized carbons (Fsp3) is 0.333. The van der Waals surface area contributed by atoms with Crippen molar-refractivity contribution in [2.24, 2.45) is 16.8 Å². The van der Waals surface area contributed by atoms with Crippen LogP contribution in [0.25, 0.3) is 0 Å². The smallest absolute Gasteiger partial charge is 0.254 e. The summed E-state index contributed by atoms with van der Waals surface area (Å²) in [6.07, 6.45) is 0.347. The van der Waals surface area contributed by atoms with Gasteiger partial charge in [-0.3, -0.25) is 9.93 Å². The van der Waals surface area contributed by atoms with Gasteiger partial charge in [-0.25, -0.2) is 4.21 Å². The van der Waals surface area contributed by atoms with Gasteiger partial charge in [-0.15, -0.1) is 12.4 Å². The van der Waals surface area contributed by atoms with E-state index < -0.39 is 15.6 Å². The number of hydrogen-bond acceptors (Lipinski definition) is 2. The molecule has 4 N–H and O–H groups in total. The van der Waals surface area contributed by atoms with Crippen LogP contribution in [0.2, 0.25) is 0 Å². The van der Waals surface area contributed by atoms with E-state index in [-0.39, 0.29) is 23.2 Å². The summed E-state index contributed by atoms with van der Waals surface area (Å²) in [6, 6.07) is 8.55. The Morgan fingerprint density at radius 2 is 1.78 bits per heavy atom. The molecule has 0 aliphatic rings. The number of primary amides is 1.